The summed E-state index contributed by atoms with van der Waals surface area (Å²) in [5.41, 5.74) is 1.12. The molecule has 1 atom stereocenters. The number of likely N-dealkylation sites (N-methyl/N-ethyl adjacent to an activating group) is 1. The van der Waals surface area contributed by atoms with Gasteiger partial charge in [0.2, 0.25) is 0 Å². The van der Waals surface area contributed by atoms with E-state index in [-0.39, 0.29) is 11.6 Å². The second-order valence-corrected chi connectivity index (χ2v) is 4.94. The van der Waals surface area contributed by atoms with Crippen LogP contribution in [0.5, 0.6) is 0 Å². The molecule has 1 rings (SSSR count). The fourth-order valence-corrected chi connectivity index (χ4v) is 1.20. The smallest absolute Gasteiger partial charge is 0.0753 e. The molecule has 0 aromatic carbocycles. The summed E-state index contributed by atoms with van der Waals surface area (Å²) in [5, 5.41) is 3.48. The second-order valence-electron chi connectivity index (χ2n) is 4.94. The van der Waals surface area contributed by atoms with Crippen LogP contribution in [0.2, 0.25) is 0 Å². The Labute approximate surface area is 98.1 Å². The minimum absolute atomic E-state index is 0.135. The summed E-state index contributed by atoms with van der Waals surface area (Å²) in [5.74, 6) is 0. The number of aromatic nitrogens is 2. The topological polar surface area (TPSA) is 41.0 Å². The van der Waals surface area contributed by atoms with Crippen LogP contribution in [0.25, 0.3) is 0 Å². The predicted molar refractivity (Wildman–Crippen MR) is 66.2 cm³/mol. The first-order valence-corrected chi connectivity index (χ1v) is 5.60. The van der Waals surface area contributed by atoms with Gasteiger partial charge in [0.25, 0.3) is 0 Å². The molecule has 0 radical (unpaired) electrons. The molecule has 16 heavy (non-hydrogen) atoms. The molecule has 90 valence electrons. The molecule has 4 nitrogen and oxygen atoms in total. The van der Waals surface area contributed by atoms with Crippen LogP contribution in [0.1, 0.15) is 32.5 Å². The van der Waals surface area contributed by atoms with Gasteiger partial charge in [-0.1, -0.05) is 0 Å². The fraction of sp³-hybridized carbons (Fsp3) is 0.667. The van der Waals surface area contributed by atoms with Gasteiger partial charge in [0.05, 0.1) is 5.69 Å². The first-order valence-electron chi connectivity index (χ1n) is 5.60. The minimum Gasteiger partial charge on any atom is -0.307 e. The summed E-state index contributed by atoms with van der Waals surface area (Å²) in [6.07, 6.45) is 5.23. The zero-order chi connectivity index (χ0) is 12.2. The van der Waals surface area contributed by atoms with E-state index in [0.29, 0.717) is 0 Å². The van der Waals surface area contributed by atoms with Gasteiger partial charge in [-0.05, 0) is 34.9 Å². The van der Waals surface area contributed by atoms with Gasteiger partial charge in [-0.25, -0.2) is 0 Å². The highest BCUT2D eigenvalue weighted by atomic mass is 15.2. The maximum Gasteiger partial charge on any atom is 0.0753 e. The maximum atomic E-state index is 4.29. The Hall–Kier alpha value is -1.00. The van der Waals surface area contributed by atoms with Crippen molar-refractivity contribution in [2.24, 2.45) is 0 Å². The van der Waals surface area contributed by atoms with E-state index in [1.54, 1.807) is 18.6 Å². The molecule has 0 amide bonds. The van der Waals surface area contributed by atoms with E-state index in [2.05, 4.69) is 55.1 Å². The van der Waals surface area contributed by atoms with E-state index in [1.165, 1.54) is 0 Å². The van der Waals surface area contributed by atoms with E-state index in [1.807, 2.05) is 0 Å². The summed E-state index contributed by atoms with van der Waals surface area (Å²) in [7, 11) is 4.18. The number of hydrogen-bond donors (Lipinski definition) is 1. The number of nitrogens with zero attached hydrogens (tertiary/aromatic N) is 3. The van der Waals surface area contributed by atoms with Crippen LogP contribution < -0.4 is 5.32 Å². The van der Waals surface area contributed by atoms with Gasteiger partial charge in [-0.2, -0.15) is 0 Å². The highest BCUT2D eigenvalue weighted by Gasteiger charge is 2.21. The second kappa shape index (κ2) is 5.37. The van der Waals surface area contributed by atoms with Crippen molar-refractivity contribution < 1.29 is 0 Å². The summed E-state index contributed by atoms with van der Waals surface area (Å²) in [6.45, 7) is 7.44. The van der Waals surface area contributed by atoms with E-state index in [4.69, 9.17) is 0 Å². The zero-order valence-corrected chi connectivity index (χ0v) is 10.9. The summed E-state index contributed by atoms with van der Waals surface area (Å²) >= 11 is 0. The molecule has 1 N–H and O–H groups in total. The van der Waals surface area contributed by atoms with E-state index in [0.717, 1.165) is 12.2 Å². The van der Waals surface area contributed by atoms with Crippen LogP contribution in [0, 0.1) is 0 Å². The lowest BCUT2D eigenvalue weighted by Crippen LogP contribution is -2.47. The van der Waals surface area contributed by atoms with Gasteiger partial charge in [-0.15, -0.1) is 0 Å². The summed E-state index contributed by atoms with van der Waals surface area (Å²) in [6, 6.07) is 0.230. The molecule has 0 aliphatic rings. The Morgan fingerprint density at radius 3 is 2.56 bits per heavy atom. The monoisotopic (exact) mass is 222 g/mol. The SMILES string of the molecule is CC(NCC(C)(C)N(C)C)c1cnccn1. The zero-order valence-electron chi connectivity index (χ0n) is 10.9. The molecule has 1 aromatic rings. The molecular weight excluding hydrogens is 200 g/mol. The van der Waals surface area contributed by atoms with E-state index in [9.17, 15) is 0 Å². The number of rotatable bonds is 5. The quantitative estimate of drug-likeness (QED) is 0.819. The first-order chi connectivity index (χ1) is 7.43. The molecule has 0 saturated carbocycles. The molecule has 0 fully saturated rings. The lowest BCUT2D eigenvalue weighted by molar-refractivity contribution is 0.185. The molecule has 0 bridgehead atoms. The van der Waals surface area contributed by atoms with Crippen LogP contribution >= 0.6 is 0 Å². The van der Waals surface area contributed by atoms with Crippen molar-refractivity contribution in [3.8, 4) is 0 Å². The molecule has 0 aliphatic carbocycles. The van der Waals surface area contributed by atoms with Crippen LogP contribution in [0.4, 0.5) is 0 Å². The summed E-state index contributed by atoms with van der Waals surface area (Å²) in [4.78, 5) is 10.6. The third-order valence-corrected chi connectivity index (χ3v) is 3.08. The van der Waals surface area contributed by atoms with Crippen molar-refractivity contribution in [2.45, 2.75) is 32.4 Å². The van der Waals surface area contributed by atoms with Crippen molar-refractivity contribution in [1.82, 2.24) is 20.2 Å². The first kappa shape index (κ1) is 13.1. The highest BCUT2D eigenvalue weighted by Crippen LogP contribution is 2.12. The van der Waals surface area contributed by atoms with Crippen molar-refractivity contribution in [2.75, 3.05) is 20.6 Å². The summed E-state index contributed by atoms with van der Waals surface area (Å²) < 4.78 is 0. The standard InChI is InChI=1S/C12H22N4/c1-10(11-8-13-6-7-14-11)15-9-12(2,3)16(4)5/h6-8,10,15H,9H2,1-5H3. The fourth-order valence-electron chi connectivity index (χ4n) is 1.20. The largest absolute Gasteiger partial charge is 0.307 e. The molecule has 0 aliphatic heterocycles. The lowest BCUT2D eigenvalue weighted by atomic mass is 10.0. The molecular formula is C12H22N4. The molecule has 1 heterocycles. The normalized spacial score (nSPS) is 14.1. The van der Waals surface area contributed by atoms with Crippen LogP contribution in [0.3, 0.4) is 0 Å². The van der Waals surface area contributed by atoms with Gasteiger partial charge in [0.15, 0.2) is 0 Å². The van der Waals surface area contributed by atoms with Gasteiger partial charge >= 0.3 is 0 Å². The Kier molecular flexibility index (Phi) is 4.38. The Balaban J connectivity index is 2.51. The van der Waals surface area contributed by atoms with Gasteiger partial charge in [-0.3, -0.25) is 9.97 Å². The molecule has 1 aromatic heterocycles. The minimum atomic E-state index is 0.135. The molecule has 4 heteroatoms. The van der Waals surface area contributed by atoms with Crippen LogP contribution in [0.15, 0.2) is 18.6 Å². The van der Waals surface area contributed by atoms with Gasteiger partial charge < -0.3 is 10.2 Å². The average molecular weight is 222 g/mol. The van der Waals surface area contributed by atoms with Gasteiger partial charge in [0.1, 0.15) is 0 Å². The van der Waals surface area contributed by atoms with Gasteiger partial charge in [0, 0.05) is 36.7 Å². The Morgan fingerprint density at radius 2 is 2.06 bits per heavy atom. The number of hydrogen-bond acceptors (Lipinski definition) is 4. The predicted octanol–water partition coefficient (Wildman–Crippen LogP) is 1.47. The van der Waals surface area contributed by atoms with Crippen molar-refractivity contribution in [1.29, 1.82) is 0 Å². The third kappa shape index (κ3) is 3.54. The van der Waals surface area contributed by atoms with E-state index >= 15 is 0 Å². The molecule has 1 unspecified atom stereocenters. The lowest BCUT2D eigenvalue weighted by Gasteiger charge is -2.33. The van der Waals surface area contributed by atoms with Crippen LogP contribution in [-0.4, -0.2) is 41.0 Å². The van der Waals surface area contributed by atoms with E-state index < -0.39 is 0 Å². The van der Waals surface area contributed by atoms with Crippen LogP contribution in [-0.2, 0) is 0 Å². The molecule has 0 saturated heterocycles. The van der Waals surface area contributed by atoms with Crippen molar-refractivity contribution >= 4 is 0 Å². The van der Waals surface area contributed by atoms with Crippen molar-refractivity contribution in [3.05, 3.63) is 24.3 Å². The number of nitrogens with one attached hydrogen (secondary N) is 1. The Bertz CT molecular complexity index is 308. The maximum absolute atomic E-state index is 4.29. The highest BCUT2D eigenvalue weighted by molar-refractivity contribution is 5.01. The third-order valence-electron chi connectivity index (χ3n) is 3.08. The average Bonchev–Trinajstić information content (AvgIpc) is 2.27. The molecule has 0 spiro atoms. The van der Waals surface area contributed by atoms with Crippen molar-refractivity contribution in [3.63, 3.8) is 0 Å². The Morgan fingerprint density at radius 1 is 1.38 bits per heavy atom.